The summed E-state index contributed by atoms with van der Waals surface area (Å²) in [5.74, 6) is 0.202. The number of nitrogens with zero attached hydrogens (tertiary/aromatic N) is 1. The molecule has 4 rings (SSSR count). The Morgan fingerprint density at radius 3 is 2.50 bits per heavy atom. The minimum atomic E-state index is -1.47. The molecular formula is C26H33ClN2O7. The highest BCUT2D eigenvalue weighted by Gasteiger charge is 2.46. The molecule has 0 spiro atoms. The number of aliphatic hydroxyl groups is 4. The molecule has 7 atom stereocenters. The molecule has 2 aliphatic heterocycles. The summed E-state index contributed by atoms with van der Waals surface area (Å²) in [6, 6.07) is 12.2. The Kier molecular flexibility index (Phi) is 8.52. The molecule has 2 heterocycles. The number of β-amino-alcohol motifs (C(OH)–C–C–N with tert-alkyl or cyclic N) is 1. The zero-order chi connectivity index (χ0) is 26.0. The van der Waals surface area contributed by atoms with E-state index in [0.29, 0.717) is 23.6 Å². The van der Waals surface area contributed by atoms with Gasteiger partial charge in [-0.05, 0) is 54.7 Å². The van der Waals surface area contributed by atoms with Crippen LogP contribution < -0.4 is 10.5 Å². The lowest BCUT2D eigenvalue weighted by molar-refractivity contribution is -0.228. The van der Waals surface area contributed by atoms with E-state index in [-0.39, 0.29) is 19.5 Å². The summed E-state index contributed by atoms with van der Waals surface area (Å²) in [7, 11) is 0. The van der Waals surface area contributed by atoms with E-state index in [4.69, 9.17) is 26.8 Å². The number of benzene rings is 2. The third-order valence-corrected chi connectivity index (χ3v) is 7.23. The quantitative estimate of drug-likeness (QED) is 0.343. The Labute approximate surface area is 215 Å². The van der Waals surface area contributed by atoms with E-state index in [2.05, 4.69) is 0 Å². The predicted octanol–water partition coefficient (Wildman–Crippen LogP) is 0.773. The van der Waals surface area contributed by atoms with Gasteiger partial charge in [-0.1, -0.05) is 35.9 Å². The lowest BCUT2D eigenvalue weighted by atomic mass is 9.89. The summed E-state index contributed by atoms with van der Waals surface area (Å²) in [5, 5.41) is 42.5. The predicted molar refractivity (Wildman–Crippen MR) is 133 cm³/mol. The summed E-state index contributed by atoms with van der Waals surface area (Å²) >= 11 is 6.46. The van der Waals surface area contributed by atoms with Crippen molar-refractivity contribution in [2.45, 2.75) is 62.4 Å². The number of nitrogens with two attached hydrogens (primary N) is 1. The monoisotopic (exact) mass is 520 g/mol. The first kappa shape index (κ1) is 26.8. The van der Waals surface area contributed by atoms with Gasteiger partial charge in [-0.25, -0.2) is 0 Å². The molecule has 2 saturated heterocycles. The molecule has 2 aromatic rings. The van der Waals surface area contributed by atoms with Crippen molar-refractivity contribution >= 4 is 17.5 Å². The summed E-state index contributed by atoms with van der Waals surface area (Å²) in [6.45, 7) is 2.75. The van der Waals surface area contributed by atoms with Gasteiger partial charge in [-0.3, -0.25) is 9.69 Å². The second-order valence-electron chi connectivity index (χ2n) is 9.43. The summed E-state index contributed by atoms with van der Waals surface area (Å²) in [6.07, 6.45) is -6.11. The fourth-order valence-electron chi connectivity index (χ4n) is 4.98. The van der Waals surface area contributed by atoms with Gasteiger partial charge in [0.15, 0.2) is 0 Å². The Hall–Kier alpha value is -2.24. The smallest absolute Gasteiger partial charge is 0.234 e. The van der Waals surface area contributed by atoms with Crippen LogP contribution in [-0.2, 0) is 16.0 Å². The lowest BCUT2D eigenvalue weighted by Gasteiger charge is -2.42. The van der Waals surface area contributed by atoms with Gasteiger partial charge in [0.2, 0.25) is 5.91 Å². The number of primary amides is 1. The highest BCUT2D eigenvalue weighted by atomic mass is 35.5. The van der Waals surface area contributed by atoms with E-state index in [0.717, 1.165) is 16.9 Å². The Bertz CT molecular complexity index is 1050. The first-order valence-electron chi connectivity index (χ1n) is 12.1. The summed E-state index contributed by atoms with van der Waals surface area (Å²) in [4.78, 5) is 13.5. The highest BCUT2D eigenvalue weighted by molar-refractivity contribution is 6.31. The molecule has 6 N–H and O–H groups in total. The third-order valence-electron chi connectivity index (χ3n) is 6.86. The van der Waals surface area contributed by atoms with Crippen LogP contribution in [-0.4, -0.2) is 87.5 Å². The van der Waals surface area contributed by atoms with Crippen LogP contribution in [0.15, 0.2) is 42.5 Å². The van der Waals surface area contributed by atoms with Gasteiger partial charge in [0.1, 0.15) is 30.2 Å². The van der Waals surface area contributed by atoms with E-state index in [1.165, 1.54) is 0 Å². The van der Waals surface area contributed by atoms with E-state index < -0.39 is 48.6 Å². The van der Waals surface area contributed by atoms with Crippen molar-refractivity contribution in [2.24, 2.45) is 5.73 Å². The van der Waals surface area contributed by atoms with Gasteiger partial charge in [-0.15, -0.1) is 0 Å². The Morgan fingerprint density at radius 1 is 1.11 bits per heavy atom. The molecular weight excluding hydrogens is 488 g/mol. The molecule has 36 heavy (non-hydrogen) atoms. The van der Waals surface area contributed by atoms with Crippen molar-refractivity contribution in [3.05, 3.63) is 64.2 Å². The molecule has 0 radical (unpaired) electrons. The van der Waals surface area contributed by atoms with Crippen molar-refractivity contribution in [1.82, 2.24) is 4.90 Å². The maximum Gasteiger partial charge on any atom is 0.234 e. The van der Waals surface area contributed by atoms with Crippen molar-refractivity contribution in [3.63, 3.8) is 0 Å². The molecule has 0 aliphatic carbocycles. The van der Waals surface area contributed by atoms with Crippen LogP contribution in [0.25, 0.3) is 0 Å². The van der Waals surface area contributed by atoms with Crippen LogP contribution in [0.3, 0.4) is 0 Å². The number of likely N-dealkylation sites (tertiary alicyclic amines) is 1. The fraction of sp³-hybridized carbons (Fsp3) is 0.500. The van der Waals surface area contributed by atoms with Gasteiger partial charge in [0.25, 0.3) is 0 Å². The molecule has 1 amide bonds. The molecule has 2 aromatic carbocycles. The molecule has 1 unspecified atom stereocenters. The zero-order valence-corrected chi connectivity index (χ0v) is 20.8. The maximum atomic E-state index is 11.8. The number of amides is 1. The Balaban J connectivity index is 1.53. The number of carbonyl (C=O) groups excluding carboxylic acids is 1. The third kappa shape index (κ3) is 5.84. The van der Waals surface area contributed by atoms with Gasteiger partial charge in [-0.2, -0.15) is 0 Å². The number of rotatable bonds is 8. The van der Waals surface area contributed by atoms with Gasteiger partial charge in [0.05, 0.1) is 24.9 Å². The van der Waals surface area contributed by atoms with Crippen molar-refractivity contribution in [3.8, 4) is 5.75 Å². The van der Waals surface area contributed by atoms with Crippen LogP contribution in [0, 0.1) is 0 Å². The maximum absolute atomic E-state index is 11.8. The normalized spacial score (nSPS) is 30.9. The Morgan fingerprint density at radius 2 is 1.83 bits per heavy atom. The second-order valence-corrected chi connectivity index (χ2v) is 9.84. The summed E-state index contributed by atoms with van der Waals surface area (Å²) in [5.41, 5.74) is 7.89. The average molecular weight is 521 g/mol. The van der Waals surface area contributed by atoms with Crippen molar-refractivity contribution < 1.29 is 34.7 Å². The van der Waals surface area contributed by atoms with Gasteiger partial charge < -0.3 is 35.6 Å². The summed E-state index contributed by atoms with van der Waals surface area (Å²) < 4.78 is 11.6. The molecule has 2 aliphatic rings. The van der Waals surface area contributed by atoms with Crippen LogP contribution in [0.5, 0.6) is 5.75 Å². The molecule has 9 nitrogen and oxygen atoms in total. The highest BCUT2D eigenvalue weighted by Crippen LogP contribution is 2.35. The topological polar surface area (TPSA) is 146 Å². The van der Waals surface area contributed by atoms with Gasteiger partial charge >= 0.3 is 0 Å². The molecule has 196 valence electrons. The van der Waals surface area contributed by atoms with Crippen LogP contribution in [0.4, 0.5) is 0 Å². The van der Waals surface area contributed by atoms with E-state index in [1.54, 1.807) is 17.0 Å². The molecule has 10 heteroatoms. The molecule has 2 fully saturated rings. The second kappa shape index (κ2) is 11.4. The molecule has 0 bridgehead atoms. The van der Waals surface area contributed by atoms with Crippen LogP contribution >= 0.6 is 11.6 Å². The minimum absolute atomic E-state index is 0.0543. The SMILES string of the molecule is CCOc1ccc(Cc2cc([C@@H]3O[C@H](CN4CC(O)C[C@H]4C(N)=O)[C@@H](O)[C@H](O)[C@H]3O)ccc2Cl)cc1. The molecule has 0 aromatic heterocycles. The van der Waals surface area contributed by atoms with E-state index >= 15 is 0 Å². The number of carbonyl (C=O) groups is 1. The number of hydrogen-bond donors (Lipinski definition) is 5. The first-order valence-corrected chi connectivity index (χ1v) is 12.5. The molecule has 0 saturated carbocycles. The standard InChI is InChI=1S/C26H33ClN2O7/c1-2-35-18-6-3-14(4-7-18)9-16-10-15(5-8-19(16)27)25-24(33)23(32)22(31)21(36-25)13-29-12-17(30)11-20(29)26(28)34/h3-8,10,17,20-25,30-33H,2,9,11-13H2,1H3,(H2,28,34)/t17?,20-,21+,22+,23-,24+,25-/m0/s1. The van der Waals surface area contributed by atoms with Crippen LogP contribution in [0.2, 0.25) is 5.02 Å². The number of aliphatic hydroxyl groups excluding tert-OH is 4. The fourth-order valence-corrected chi connectivity index (χ4v) is 5.17. The number of halogens is 1. The van der Waals surface area contributed by atoms with Crippen molar-refractivity contribution in [1.29, 1.82) is 0 Å². The largest absolute Gasteiger partial charge is 0.494 e. The van der Waals surface area contributed by atoms with E-state index in [9.17, 15) is 25.2 Å². The average Bonchev–Trinajstić information content (AvgIpc) is 3.22. The van der Waals surface area contributed by atoms with Crippen molar-refractivity contribution in [2.75, 3.05) is 19.7 Å². The minimum Gasteiger partial charge on any atom is -0.494 e. The van der Waals surface area contributed by atoms with Gasteiger partial charge in [0, 0.05) is 18.1 Å². The van der Waals surface area contributed by atoms with E-state index in [1.807, 2.05) is 37.3 Å². The zero-order valence-electron chi connectivity index (χ0n) is 20.0. The number of hydrogen-bond acceptors (Lipinski definition) is 8. The lowest BCUT2D eigenvalue weighted by Crippen LogP contribution is -2.58. The first-order chi connectivity index (χ1) is 17.2. The van der Waals surface area contributed by atoms with Crippen LogP contribution in [0.1, 0.15) is 36.1 Å². The number of ether oxygens (including phenoxy) is 2.